The summed E-state index contributed by atoms with van der Waals surface area (Å²) in [7, 11) is 1.16. The number of benzene rings is 2. The van der Waals surface area contributed by atoms with Gasteiger partial charge in [-0.25, -0.2) is 23.4 Å². The first kappa shape index (κ1) is 31.4. The normalized spacial score (nSPS) is 21.1. The second-order valence-electron chi connectivity index (χ2n) is 10.6. The molecule has 5 rings (SSSR count). The summed E-state index contributed by atoms with van der Waals surface area (Å²) in [5.41, 5.74) is 0.636. The number of ether oxygens (including phenoxy) is 2. The number of anilines is 2. The van der Waals surface area contributed by atoms with E-state index in [-0.39, 0.29) is 60.8 Å². The first-order valence-electron chi connectivity index (χ1n) is 13.9. The lowest BCUT2D eigenvalue weighted by atomic mass is 9.95. The van der Waals surface area contributed by atoms with Crippen molar-refractivity contribution in [3.8, 4) is 11.3 Å². The molecule has 9 nitrogen and oxygen atoms in total. The average Bonchev–Trinajstić information content (AvgIpc) is 3.38. The maximum atomic E-state index is 14.8. The summed E-state index contributed by atoms with van der Waals surface area (Å²) in [6, 6.07) is 3.92. The zero-order valence-corrected chi connectivity index (χ0v) is 24.2. The van der Waals surface area contributed by atoms with E-state index in [2.05, 4.69) is 25.3 Å². The van der Waals surface area contributed by atoms with E-state index >= 15 is 0 Å². The number of aromatic amines is 1. The van der Waals surface area contributed by atoms with Gasteiger partial charge >= 0.3 is 18.4 Å². The number of cyclic esters (lactones) is 1. The molecule has 0 spiro atoms. The van der Waals surface area contributed by atoms with Crippen molar-refractivity contribution in [2.75, 3.05) is 30.9 Å². The number of methoxy groups -OCH3 is 1. The molecule has 1 unspecified atom stereocenters. The molecule has 3 aromatic rings. The highest BCUT2D eigenvalue weighted by Crippen LogP contribution is 2.38. The van der Waals surface area contributed by atoms with Gasteiger partial charge in [-0.2, -0.15) is 13.2 Å². The largest absolute Gasteiger partial charge is 0.453 e. The van der Waals surface area contributed by atoms with Crippen LogP contribution in [-0.2, 0) is 9.47 Å². The van der Waals surface area contributed by atoms with E-state index in [1.807, 2.05) is 0 Å². The van der Waals surface area contributed by atoms with Crippen molar-refractivity contribution in [2.45, 2.75) is 56.3 Å². The SMILES string of the molecule is COC(=O)Nc1ccc2c(c1)N[C@H](C(F)(F)F)CCCC[C@H](N1CCC(c3c(F)ccc(Cl)c3F)COC1=O)c1nc-2c[nH]1. The molecule has 1 fully saturated rings. The number of hydrogen-bond acceptors (Lipinski definition) is 6. The van der Waals surface area contributed by atoms with Crippen LogP contribution in [0, 0.1) is 11.6 Å². The third-order valence-electron chi connectivity index (χ3n) is 7.81. The Kier molecular flexibility index (Phi) is 9.18. The summed E-state index contributed by atoms with van der Waals surface area (Å²) in [4.78, 5) is 34.0. The van der Waals surface area contributed by atoms with Crippen LogP contribution in [-0.4, -0.2) is 59.5 Å². The first-order valence-corrected chi connectivity index (χ1v) is 14.3. The molecule has 1 aromatic heterocycles. The van der Waals surface area contributed by atoms with Gasteiger partial charge in [0.05, 0.1) is 23.9 Å². The van der Waals surface area contributed by atoms with Crippen molar-refractivity contribution in [1.29, 1.82) is 0 Å². The Hall–Kier alpha value is -4.07. The van der Waals surface area contributed by atoms with E-state index < -0.39 is 48.0 Å². The lowest BCUT2D eigenvalue weighted by Crippen LogP contribution is -2.37. The van der Waals surface area contributed by atoms with Gasteiger partial charge in [0.15, 0.2) is 0 Å². The van der Waals surface area contributed by atoms with Crippen LogP contribution >= 0.6 is 11.6 Å². The van der Waals surface area contributed by atoms with E-state index in [1.165, 1.54) is 29.3 Å². The van der Waals surface area contributed by atoms with Gasteiger partial charge in [0.25, 0.3) is 0 Å². The fraction of sp³-hybridized carbons (Fsp3) is 0.414. The van der Waals surface area contributed by atoms with Crippen molar-refractivity contribution in [3.63, 3.8) is 0 Å². The topological polar surface area (TPSA) is 109 Å². The molecular weight excluding hydrogens is 613 g/mol. The Balaban J connectivity index is 1.48. The molecule has 2 aromatic carbocycles. The van der Waals surface area contributed by atoms with Crippen molar-refractivity contribution in [3.05, 3.63) is 64.6 Å². The quantitative estimate of drug-likeness (QED) is 0.199. The fourth-order valence-electron chi connectivity index (χ4n) is 5.56. The molecule has 2 aliphatic heterocycles. The van der Waals surface area contributed by atoms with Crippen LogP contribution in [0.25, 0.3) is 11.3 Å². The molecule has 0 aliphatic carbocycles. The number of hydrogen-bond donors (Lipinski definition) is 3. The Morgan fingerprint density at radius 3 is 2.68 bits per heavy atom. The lowest BCUT2D eigenvalue weighted by Gasteiger charge is -2.29. The highest BCUT2D eigenvalue weighted by molar-refractivity contribution is 6.30. The minimum absolute atomic E-state index is 0.0431. The van der Waals surface area contributed by atoms with Gasteiger partial charge in [0.2, 0.25) is 0 Å². The number of nitrogens with zero attached hydrogens (tertiary/aromatic N) is 2. The van der Waals surface area contributed by atoms with Crippen LogP contribution in [0.3, 0.4) is 0 Å². The third kappa shape index (κ3) is 6.69. The Bertz CT molecular complexity index is 1530. The molecular formula is C29H29ClF5N5O4. The highest BCUT2D eigenvalue weighted by Gasteiger charge is 2.40. The second kappa shape index (κ2) is 12.9. The predicted molar refractivity (Wildman–Crippen MR) is 152 cm³/mol. The molecule has 3 N–H and O–H groups in total. The number of H-pyrrole nitrogens is 1. The molecule has 3 heterocycles. The standard InChI is InChI=1S/C29H29ClF5N5O4/c1-43-27(41)37-16-6-7-17-20(12-16)38-23(29(33,34)35)5-3-2-4-22(26-36-13-21(17)39-26)40-11-10-15(14-44-28(40)42)24-19(31)9-8-18(30)25(24)32/h6-9,12-13,15,22-23,38H,2-5,10-11,14H2,1H3,(H,36,39)(H,37,41)/t15?,22-,23-/m0/s1. The number of amides is 2. The van der Waals surface area contributed by atoms with Gasteiger partial charge in [-0.3, -0.25) is 10.2 Å². The van der Waals surface area contributed by atoms with Gasteiger partial charge in [0, 0.05) is 41.2 Å². The Labute approximate surface area is 254 Å². The van der Waals surface area contributed by atoms with Crippen molar-refractivity contribution in [1.82, 2.24) is 14.9 Å². The van der Waals surface area contributed by atoms with Gasteiger partial charge in [-0.05, 0) is 49.6 Å². The van der Waals surface area contributed by atoms with Gasteiger partial charge in [0.1, 0.15) is 30.1 Å². The van der Waals surface area contributed by atoms with Crippen LogP contribution < -0.4 is 10.6 Å². The van der Waals surface area contributed by atoms with E-state index in [4.69, 9.17) is 16.3 Å². The Morgan fingerprint density at radius 1 is 1.16 bits per heavy atom. The number of carbonyl (C=O) groups is 2. The molecule has 2 aliphatic rings. The van der Waals surface area contributed by atoms with Gasteiger partial charge < -0.3 is 19.8 Å². The summed E-state index contributed by atoms with van der Waals surface area (Å²) in [6.07, 6.45) is -4.01. The molecule has 2 bridgehead atoms. The number of imidazole rings is 1. The summed E-state index contributed by atoms with van der Waals surface area (Å²) >= 11 is 5.88. The van der Waals surface area contributed by atoms with Crippen molar-refractivity contribution < 1.29 is 41.0 Å². The number of halogens is 6. The van der Waals surface area contributed by atoms with Crippen LogP contribution in [0.1, 0.15) is 55.5 Å². The van der Waals surface area contributed by atoms with Gasteiger partial charge in [-0.15, -0.1) is 0 Å². The minimum atomic E-state index is -4.59. The summed E-state index contributed by atoms with van der Waals surface area (Å²) in [6.45, 7) is -0.241. The Morgan fingerprint density at radius 2 is 1.93 bits per heavy atom. The summed E-state index contributed by atoms with van der Waals surface area (Å²) in [5, 5.41) is 4.78. The smallest absolute Gasteiger partial charge is 0.411 e. The minimum Gasteiger partial charge on any atom is -0.453 e. The van der Waals surface area contributed by atoms with E-state index in [0.717, 1.165) is 19.2 Å². The molecule has 0 radical (unpaired) electrons. The van der Waals surface area contributed by atoms with Gasteiger partial charge in [-0.1, -0.05) is 24.4 Å². The van der Waals surface area contributed by atoms with Crippen molar-refractivity contribution in [2.24, 2.45) is 0 Å². The van der Waals surface area contributed by atoms with Crippen LogP contribution in [0.2, 0.25) is 5.02 Å². The van der Waals surface area contributed by atoms with Crippen molar-refractivity contribution >= 4 is 35.2 Å². The second-order valence-corrected chi connectivity index (χ2v) is 11.0. The van der Waals surface area contributed by atoms with E-state index in [0.29, 0.717) is 23.5 Å². The number of rotatable bonds is 3. The maximum Gasteiger partial charge on any atom is 0.411 e. The average molecular weight is 642 g/mol. The number of fused-ring (bicyclic) bond motifs is 4. The molecule has 236 valence electrons. The molecule has 1 saturated heterocycles. The third-order valence-corrected chi connectivity index (χ3v) is 8.10. The molecule has 0 saturated carbocycles. The first-order chi connectivity index (χ1) is 21.0. The summed E-state index contributed by atoms with van der Waals surface area (Å²) in [5.74, 6) is -2.16. The van der Waals surface area contributed by atoms with Crippen LogP contribution in [0.4, 0.5) is 42.9 Å². The number of alkyl halides is 3. The monoisotopic (exact) mass is 641 g/mol. The van der Waals surface area contributed by atoms with Crippen LogP contribution in [0.15, 0.2) is 36.5 Å². The lowest BCUT2D eigenvalue weighted by molar-refractivity contribution is -0.144. The molecule has 44 heavy (non-hydrogen) atoms. The zero-order chi connectivity index (χ0) is 31.6. The van der Waals surface area contributed by atoms with E-state index in [9.17, 15) is 31.5 Å². The molecule has 15 heteroatoms. The number of carbonyl (C=O) groups excluding carboxylic acids is 2. The predicted octanol–water partition coefficient (Wildman–Crippen LogP) is 7.77. The molecule has 2 amide bonds. The molecule has 3 atom stereocenters. The maximum absolute atomic E-state index is 14.8. The van der Waals surface area contributed by atoms with E-state index in [1.54, 1.807) is 0 Å². The fourth-order valence-corrected chi connectivity index (χ4v) is 5.73. The number of aromatic nitrogens is 2. The number of nitrogens with one attached hydrogen (secondary N) is 3. The summed E-state index contributed by atoms with van der Waals surface area (Å²) < 4.78 is 81.7. The zero-order valence-electron chi connectivity index (χ0n) is 23.4. The highest BCUT2D eigenvalue weighted by atomic mass is 35.5. The van der Waals surface area contributed by atoms with Crippen LogP contribution in [0.5, 0.6) is 0 Å².